The summed E-state index contributed by atoms with van der Waals surface area (Å²) < 4.78 is 2.78. The van der Waals surface area contributed by atoms with Crippen molar-refractivity contribution in [3.63, 3.8) is 0 Å². The van der Waals surface area contributed by atoms with Crippen LogP contribution in [0.1, 0.15) is 37.4 Å². The molecule has 148 valence electrons. The molecule has 3 aromatic heterocycles. The Labute approximate surface area is 174 Å². The maximum atomic E-state index is 11.5. The highest BCUT2D eigenvalue weighted by molar-refractivity contribution is 9.10. The Balaban J connectivity index is 1.63. The molecule has 1 amide bonds. The van der Waals surface area contributed by atoms with Crippen LogP contribution < -0.4 is 11.5 Å². The monoisotopic (exact) mass is 453 g/mol. The number of anilines is 1. The maximum Gasteiger partial charge on any atom is 0.220 e. The van der Waals surface area contributed by atoms with Gasteiger partial charge in [0.1, 0.15) is 23.4 Å². The van der Waals surface area contributed by atoms with E-state index in [2.05, 4.69) is 37.1 Å². The summed E-state index contributed by atoms with van der Waals surface area (Å²) in [5, 5.41) is 5.52. The van der Waals surface area contributed by atoms with E-state index >= 15 is 0 Å². The first-order chi connectivity index (χ1) is 14.0. The molecule has 5 rings (SSSR count). The van der Waals surface area contributed by atoms with Gasteiger partial charge < -0.3 is 16.5 Å². The zero-order chi connectivity index (χ0) is 20.1. The molecule has 0 radical (unpaired) electrons. The number of aromatic nitrogens is 5. The van der Waals surface area contributed by atoms with Crippen molar-refractivity contribution in [2.75, 3.05) is 5.73 Å². The minimum absolute atomic E-state index is 0.0531. The minimum atomic E-state index is -0.215. The molecule has 29 heavy (non-hydrogen) atoms. The summed E-state index contributed by atoms with van der Waals surface area (Å²) >= 11 is 3.59. The van der Waals surface area contributed by atoms with E-state index in [1.54, 1.807) is 4.52 Å². The summed E-state index contributed by atoms with van der Waals surface area (Å²) in [5.41, 5.74) is 15.0. The van der Waals surface area contributed by atoms with E-state index in [0.29, 0.717) is 11.3 Å². The summed E-state index contributed by atoms with van der Waals surface area (Å²) in [5.74, 6) is 1.16. The van der Waals surface area contributed by atoms with Gasteiger partial charge in [-0.1, -0.05) is 12.1 Å². The third-order valence-corrected chi connectivity index (χ3v) is 6.50. The van der Waals surface area contributed by atoms with Crippen molar-refractivity contribution in [2.45, 2.75) is 31.6 Å². The number of carbonyl (C=O) groups is 1. The number of primary amides is 1. The van der Waals surface area contributed by atoms with E-state index in [4.69, 9.17) is 16.5 Å². The van der Waals surface area contributed by atoms with Crippen molar-refractivity contribution in [1.82, 2.24) is 24.6 Å². The smallest absolute Gasteiger partial charge is 0.220 e. The molecule has 0 unspecified atom stereocenters. The van der Waals surface area contributed by atoms with Gasteiger partial charge in [-0.15, -0.1) is 0 Å². The van der Waals surface area contributed by atoms with Crippen molar-refractivity contribution in [3.8, 4) is 11.4 Å². The van der Waals surface area contributed by atoms with Crippen LogP contribution in [0.2, 0.25) is 0 Å². The number of nitrogen functional groups attached to an aromatic ring is 1. The van der Waals surface area contributed by atoms with Gasteiger partial charge in [-0.2, -0.15) is 5.10 Å². The van der Waals surface area contributed by atoms with Gasteiger partial charge in [0.25, 0.3) is 0 Å². The lowest BCUT2D eigenvalue weighted by molar-refractivity contribution is -0.122. The number of hydrogen-bond donors (Lipinski definition) is 3. The van der Waals surface area contributed by atoms with Gasteiger partial charge in [-0.05, 0) is 53.7 Å². The van der Waals surface area contributed by atoms with Crippen molar-refractivity contribution in [1.29, 1.82) is 0 Å². The number of amides is 1. The van der Waals surface area contributed by atoms with Crippen LogP contribution in [0.5, 0.6) is 0 Å². The summed E-state index contributed by atoms with van der Waals surface area (Å²) in [6.07, 6.45) is 4.67. The zero-order valence-electron chi connectivity index (χ0n) is 15.6. The van der Waals surface area contributed by atoms with Crippen LogP contribution in [0.4, 0.5) is 5.82 Å². The first kappa shape index (κ1) is 18.1. The molecule has 1 fully saturated rings. The van der Waals surface area contributed by atoms with E-state index in [1.807, 2.05) is 18.2 Å². The molecule has 1 saturated carbocycles. The second-order valence-electron chi connectivity index (χ2n) is 7.56. The molecule has 9 heteroatoms. The molecule has 5 N–H and O–H groups in total. The van der Waals surface area contributed by atoms with Crippen LogP contribution in [0.3, 0.4) is 0 Å². The van der Waals surface area contributed by atoms with E-state index in [9.17, 15) is 4.79 Å². The molecule has 4 aromatic rings. The highest BCUT2D eigenvalue weighted by Crippen LogP contribution is 2.38. The second-order valence-corrected chi connectivity index (χ2v) is 8.42. The van der Waals surface area contributed by atoms with E-state index < -0.39 is 0 Å². The molecule has 0 atom stereocenters. The fraction of sp³-hybridized carbons (Fsp3) is 0.300. The predicted octanol–water partition coefficient (Wildman–Crippen LogP) is 3.38. The van der Waals surface area contributed by atoms with Gasteiger partial charge in [0.15, 0.2) is 5.82 Å². The van der Waals surface area contributed by atoms with Crippen LogP contribution in [-0.2, 0) is 4.79 Å². The Kier molecular flexibility index (Phi) is 4.27. The Bertz CT molecular complexity index is 1240. The largest absolute Gasteiger partial charge is 0.382 e. The Morgan fingerprint density at radius 1 is 1.24 bits per heavy atom. The zero-order valence-corrected chi connectivity index (χ0v) is 17.2. The number of nitrogens with one attached hydrogen (secondary N) is 1. The number of nitrogens with two attached hydrogens (primary N) is 2. The van der Waals surface area contributed by atoms with E-state index in [1.165, 1.54) is 6.33 Å². The van der Waals surface area contributed by atoms with E-state index in [-0.39, 0.29) is 17.7 Å². The summed E-state index contributed by atoms with van der Waals surface area (Å²) in [4.78, 5) is 24.1. The lowest BCUT2D eigenvalue weighted by atomic mass is 9.81. The molecule has 0 spiro atoms. The fourth-order valence-corrected chi connectivity index (χ4v) is 4.79. The number of nitrogens with zero attached hydrogens (tertiary/aromatic N) is 4. The molecule has 8 nitrogen and oxygen atoms in total. The van der Waals surface area contributed by atoms with Crippen LogP contribution >= 0.6 is 15.9 Å². The number of halogens is 1. The lowest BCUT2D eigenvalue weighted by Gasteiger charge is -2.25. The number of carbonyl (C=O) groups excluding carboxylic acids is 1. The highest BCUT2D eigenvalue weighted by atomic mass is 79.9. The third-order valence-electron chi connectivity index (χ3n) is 5.84. The highest BCUT2D eigenvalue weighted by Gasteiger charge is 2.30. The van der Waals surface area contributed by atoms with Crippen molar-refractivity contribution < 1.29 is 4.79 Å². The van der Waals surface area contributed by atoms with Gasteiger partial charge in [0.2, 0.25) is 5.91 Å². The summed E-state index contributed by atoms with van der Waals surface area (Å²) in [6.45, 7) is 0. The number of H-pyrrole nitrogens is 1. The molecule has 0 bridgehead atoms. The molecular weight excluding hydrogens is 434 g/mol. The molecule has 1 aromatic carbocycles. The van der Waals surface area contributed by atoms with Crippen molar-refractivity contribution in [2.24, 2.45) is 11.7 Å². The fourth-order valence-electron chi connectivity index (χ4n) is 4.31. The summed E-state index contributed by atoms with van der Waals surface area (Å²) in [7, 11) is 0. The average Bonchev–Trinajstić information content (AvgIpc) is 3.31. The quantitative estimate of drug-likeness (QED) is 0.437. The molecule has 0 aliphatic heterocycles. The van der Waals surface area contributed by atoms with Crippen molar-refractivity contribution in [3.05, 3.63) is 40.9 Å². The topological polar surface area (TPSA) is 128 Å². The molecule has 1 aliphatic rings. The Morgan fingerprint density at radius 2 is 2.03 bits per heavy atom. The number of imidazole rings is 1. The van der Waals surface area contributed by atoms with Crippen LogP contribution in [0, 0.1) is 5.92 Å². The molecule has 3 heterocycles. The Hall–Kier alpha value is -2.94. The number of benzene rings is 1. The van der Waals surface area contributed by atoms with Crippen LogP contribution in [0.15, 0.2) is 35.1 Å². The maximum absolute atomic E-state index is 11.5. The first-order valence-electron chi connectivity index (χ1n) is 9.59. The van der Waals surface area contributed by atoms with E-state index in [0.717, 1.165) is 58.3 Å². The Morgan fingerprint density at radius 3 is 2.76 bits per heavy atom. The second kappa shape index (κ2) is 6.84. The van der Waals surface area contributed by atoms with Gasteiger partial charge in [0.05, 0.1) is 11.2 Å². The van der Waals surface area contributed by atoms with Crippen molar-refractivity contribution >= 4 is 44.1 Å². The predicted molar refractivity (Wildman–Crippen MR) is 114 cm³/mol. The lowest BCUT2D eigenvalue weighted by Crippen LogP contribution is -2.27. The third kappa shape index (κ3) is 2.96. The number of hydrogen-bond acceptors (Lipinski definition) is 5. The van der Waals surface area contributed by atoms with Gasteiger partial charge >= 0.3 is 0 Å². The van der Waals surface area contributed by atoms with Crippen LogP contribution in [-0.4, -0.2) is 30.5 Å². The number of aromatic amines is 1. The molecular formula is C20H20BrN7O. The molecule has 0 saturated heterocycles. The SMILES string of the molecule is Nc1ncnn2c1c(-c1cc3cccc(Br)c3[nH]1)nc2[C@H]1CC[C@H](C(N)=O)CC1. The number of rotatable bonds is 3. The van der Waals surface area contributed by atoms with Gasteiger partial charge in [0, 0.05) is 21.7 Å². The van der Waals surface area contributed by atoms with Crippen LogP contribution in [0.25, 0.3) is 27.8 Å². The minimum Gasteiger partial charge on any atom is -0.382 e. The normalized spacial score (nSPS) is 19.8. The number of fused-ring (bicyclic) bond motifs is 2. The number of para-hydroxylation sites is 1. The average molecular weight is 454 g/mol. The van der Waals surface area contributed by atoms with Gasteiger partial charge in [-0.25, -0.2) is 14.5 Å². The summed E-state index contributed by atoms with van der Waals surface area (Å²) in [6, 6.07) is 8.09. The molecule has 1 aliphatic carbocycles. The standard InChI is InChI=1S/C20H20BrN7O/c21-13-3-1-2-12-8-14(26-15(12)13)16-17-18(22)24-9-25-28(17)20(27-16)11-6-4-10(5-7-11)19(23)29/h1-3,8-11,26H,4-7H2,(H2,23,29)(H2,22,24,25)/t10-,11-. The first-order valence-corrected chi connectivity index (χ1v) is 10.4. The van der Waals surface area contributed by atoms with Gasteiger partial charge in [-0.3, -0.25) is 4.79 Å².